The minimum absolute atomic E-state index is 0.0728. The third-order valence-electron chi connectivity index (χ3n) is 4.19. The summed E-state index contributed by atoms with van der Waals surface area (Å²) in [4.78, 5) is 11.9. The summed E-state index contributed by atoms with van der Waals surface area (Å²) in [6.07, 6.45) is 4.14. The fraction of sp³-hybridized carbons (Fsp3) is 0.588. The lowest BCUT2D eigenvalue weighted by molar-refractivity contribution is -0.121. The van der Waals surface area contributed by atoms with Gasteiger partial charge in [0.15, 0.2) is 0 Å². The van der Waals surface area contributed by atoms with Gasteiger partial charge in [-0.05, 0) is 49.1 Å². The molecule has 0 atom stereocenters. The van der Waals surface area contributed by atoms with Gasteiger partial charge in [-0.25, -0.2) is 0 Å². The summed E-state index contributed by atoms with van der Waals surface area (Å²) in [5, 5.41) is 3.15. The lowest BCUT2D eigenvalue weighted by atomic mass is 9.99. The third-order valence-corrected chi connectivity index (χ3v) is 4.41. The molecule has 0 radical (unpaired) electrons. The fourth-order valence-electron chi connectivity index (χ4n) is 2.76. The van der Waals surface area contributed by atoms with Crippen molar-refractivity contribution in [3.8, 4) is 11.5 Å². The number of methoxy groups -OCH3 is 2. The number of hydrogen-bond donors (Lipinski definition) is 2. The van der Waals surface area contributed by atoms with Crippen molar-refractivity contribution in [1.82, 2.24) is 5.32 Å². The molecule has 0 saturated heterocycles. The molecule has 0 unspecified atom stereocenters. The second-order valence-electron chi connectivity index (χ2n) is 5.81. The van der Waals surface area contributed by atoms with E-state index in [2.05, 4.69) is 24.9 Å². The van der Waals surface area contributed by atoms with Crippen molar-refractivity contribution in [2.75, 3.05) is 20.0 Å². The Bertz CT molecular complexity index is 541. The maximum absolute atomic E-state index is 11.9. The van der Waals surface area contributed by atoms with Crippen LogP contribution in [0.15, 0.2) is 12.1 Å². The van der Waals surface area contributed by atoms with Gasteiger partial charge in [0.25, 0.3) is 0 Å². The van der Waals surface area contributed by atoms with Gasteiger partial charge in [-0.2, -0.15) is 12.6 Å². The molecule has 0 spiro atoms. The van der Waals surface area contributed by atoms with Crippen molar-refractivity contribution in [1.29, 1.82) is 0 Å². The number of nitrogens with one attached hydrogen (secondary N) is 1. The molecule has 122 valence electrons. The molecule has 1 aliphatic carbocycles. The highest BCUT2D eigenvalue weighted by atomic mass is 32.1. The van der Waals surface area contributed by atoms with Crippen molar-refractivity contribution in [3.05, 3.63) is 23.3 Å². The van der Waals surface area contributed by atoms with Crippen molar-refractivity contribution in [2.45, 2.75) is 44.6 Å². The number of thiol groups is 1. The second-order valence-corrected chi connectivity index (χ2v) is 6.26. The molecule has 1 aromatic rings. The summed E-state index contributed by atoms with van der Waals surface area (Å²) >= 11 is 4.11. The quantitative estimate of drug-likeness (QED) is 0.723. The first kappa shape index (κ1) is 17.0. The van der Waals surface area contributed by atoms with Crippen LogP contribution in [-0.2, 0) is 17.6 Å². The standard InChI is InChI=1S/C17H25NO3S/c1-4-12-9-15(21-3)13(10-14(12)20-2)11-17(6-7-17)18-16(19)5-8-22/h9-10,22H,4-8,11H2,1-3H3,(H,18,19). The summed E-state index contributed by atoms with van der Waals surface area (Å²) in [5.74, 6) is 2.40. The molecule has 22 heavy (non-hydrogen) atoms. The van der Waals surface area contributed by atoms with Gasteiger partial charge < -0.3 is 14.8 Å². The van der Waals surface area contributed by atoms with E-state index in [0.717, 1.165) is 48.3 Å². The smallest absolute Gasteiger partial charge is 0.221 e. The van der Waals surface area contributed by atoms with Gasteiger partial charge in [0.1, 0.15) is 11.5 Å². The molecule has 0 aliphatic heterocycles. The summed E-state index contributed by atoms with van der Waals surface area (Å²) < 4.78 is 11.0. The van der Waals surface area contributed by atoms with Crippen molar-refractivity contribution < 1.29 is 14.3 Å². The summed E-state index contributed by atoms with van der Waals surface area (Å²) in [6.45, 7) is 2.09. The van der Waals surface area contributed by atoms with Crippen molar-refractivity contribution >= 4 is 18.5 Å². The Morgan fingerprint density at radius 2 is 1.82 bits per heavy atom. The maximum atomic E-state index is 11.9. The molecular weight excluding hydrogens is 298 g/mol. The van der Waals surface area contributed by atoms with Gasteiger partial charge in [-0.15, -0.1) is 0 Å². The van der Waals surface area contributed by atoms with Crippen LogP contribution in [-0.4, -0.2) is 31.4 Å². The number of aryl methyl sites for hydroxylation is 1. The van der Waals surface area contributed by atoms with E-state index in [9.17, 15) is 4.79 Å². The Balaban J connectivity index is 2.19. The first-order valence-corrected chi connectivity index (χ1v) is 8.36. The molecule has 0 aromatic heterocycles. The topological polar surface area (TPSA) is 47.6 Å². The Morgan fingerprint density at radius 3 is 2.32 bits per heavy atom. The Labute approximate surface area is 138 Å². The normalized spacial score (nSPS) is 15.3. The Kier molecular flexibility index (Phi) is 5.62. The highest BCUT2D eigenvalue weighted by Crippen LogP contribution is 2.42. The molecule has 1 amide bonds. The monoisotopic (exact) mass is 323 g/mol. The van der Waals surface area contributed by atoms with Crippen LogP contribution in [0.1, 0.15) is 37.3 Å². The van der Waals surface area contributed by atoms with Crippen LogP contribution in [0.25, 0.3) is 0 Å². The van der Waals surface area contributed by atoms with Gasteiger partial charge >= 0.3 is 0 Å². The SMILES string of the molecule is CCc1cc(OC)c(CC2(NC(=O)CCS)CC2)cc1OC. The predicted molar refractivity (Wildman–Crippen MR) is 91.2 cm³/mol. The van der Waals surface area contributed by atoms with Gasteiger partial charge in [0.05, 0.1) is 14.2 Å². The second kappa shape index (κ2) is 7.27. The first-order valence-electron chi connectivity index (χ1n) is 7.73. The first-order chi connectivity index (χ1) is 10.6. The number of carbonyl (C=O) groups excluding carboxylic acids is 1. The van der Waals surface area contributed by atoms with Crippen LogP contribution in [0.2, 0.25) is 0 Å². The van der Waals surface area contributed by atoms with E-state index in [1.54, 1.807) is 14.2 Å². The Hall–Kier alpha value is -1.36. The number of hydrogen-bond acceptors (Lipinski definition) is 4. The van der Waals surface area contributed by atoms with Crippen LogP contribution < -0.4 is 14.8 Å². The lowest BCUT2D eigenvalue weighted by Crippen LogP contribution is -2.38. The third kappa shape index (κ3) is 3.88. The molecule has 2 rings (SSSR count). The minimum atomic E-state index is -0.119. The molecule has 0 heterocycles. The largest absolute Gasteiger partial charge is 0.496 e. The molecule has 1 saturated carbocycles. The van der Waals surface area contributed by atoms with E-state index in [1.165, 1.54) is 0 Å². The van der Waals surface area contributed by atoms with Crippen LogP contribution in [0, 0.1) is 0 Å². The summed E-state index contributed by atoms with van der Waals surface area (Å²) in [7, 11) is 3.37. The molecular formula is C17H25NO3S. The molecule has 1 fully saturated rings. The molecule has 1 aromatic carbocycles. The Morgan fingerprint density at radius 1 is 1.23 bits per heavy atom. The molecule has 1 aliphatic rings. The highest BCUT2D eigenvalue weighted by Gasteiger charge is 2.44. The van der Waals surface area contributed by atoms with Crippen molar-refractivity contribution in [3.63, 3.8) is 0 Å². The number of amides is 1. The van der Waals surface area contributed by atoms with Crippen LogP contribution in [0.4, 0.5) is 0 Å². The van der Waals surface area contributed by atoms with E-state index in [4.69, 9.17) is 9.47 Å². The lowest BCUT2D eigenvalue weighted by Gasteiger charge is -2.20. The fourth-order valence-corrected chi connectivity index (χ4v) is 2.96. The van der Waals surface area contributed by atoms with E-state index in [0.29, 0.717) is 12.2 Å². The van der Waals surface area contributed by atoms with Crippen LogP contribution in [0.5, 0.6) is 11.5 Å². The predicted octanol–water partition coefficient (Wildman–Crippen LogP) is 2.78. The zero-order chi connectivity index (χ0) is 16.2. The zero-order valence-corrected chi connectivity index (χ0v) is 14.5. The zero-order valence-electron chi connectivity index (χ0n) is 13.6. The van der Waals surface area contributed by atoms with Gasteiger partial charge in [-0.1, -0.05) is 6.92 Å². The molecule has 1 N–H and O–H groups in total. The number of benzene rings is 1. The van der Waals surface area contributed by atoms with Gasteiger partial charge in [-0.3, -0.25) is 4.79 Å². The van der Waals surface area contributed by atoms with Crippen LogP contribution in [0.3, 0.4) is 0 Å². The number of ether oxygens (including phenoxy) is 2. The van der Waals surface area contributed by atoms with Gasteiger partial charge in [0.2, 0.25) is 5.91 Å². The minimum Gasteiger partial charge on any atom is -0.496 e. The average molecular weight is 323 g/mol. The highest BCUT2D eigenvalue weighted by molar-refractivity contribution is 7.80. The van der Waals surface area contributed by atoms with Crippen LogP contribution >= 0.6 is 12.6 Å². The van der Waals surface area contributed by atoms with E-state index in [-0.39, 0.29) is 11.4 Å². The molecule has 5 heteroatoms. The average Bonchev–Trinajstić information content (AvgIpc) is 3.26. The van der Waals surface area contributed by atoms with E-state index in [1.807, 2.05) is 12.1 Å². The molecule has 0 bridgehead atoms. The summed E-state index contributed by atoms with van der Waals surface area (Å²) in [6, 6.07) is 4.09. The maximum Gasteiger partial charge on any atom is 0.221 e. The summed E-state index contributed by atoms with van der Waals surface area (Å²) in [5.41, 5.74) is 2.10. The van der Waals surface area contributed by atoms with Gasteiger partial charge in [0, 0.05) is 17.5 Å². The van der Waals surface area contributed by atoms with Crippen molar-refractivity contribution in [2.24, 2.45) is 0 Å². The number of carbonyl (C=O) groups is 1. The van der Waals surface area contributed by atoms with E-state index < -0.39 is 0 Å². The number of rotatable bonds is 8. The van der Waals surface area contributed by atoms with E-state index >= 15 is 0 Å². The molecule has 4 nitrogen and oxygen atoms in total.